The Bertz CT molecular complexity index is 967. The van der Waals surface area contributed by atoms with Gasteiger partial charge in [-0.2, -0.15) is 0 Å². The Kier molecular flexibility index (Phi) is 5.18. The first-order valence-corrected chi connectivity index (χ1v) is 10.3. The second kappa shape index (κ2) is 7.78. The third kappa shape index (κ3) is 4.07. The molecule has 29 heavy (non-hydrogen) atoms. The van der Waals surface area contributed by atoms with Gasteiger partial charge in [0.05, 0.1) is 6.04 Å². The van der Waals surface area contributed by atoms with Gasteiger partial charge in [-0.15, -0.1) is 0 Å². The van der Waals surface area contributed by atoms with E-state index in [1.165, 1.54) is 5.56 Å². The number of hydrogen-bond donors (Lipinski definition) is 1. The largest absolute Gasteiger partial charge is 0.348 e. The summed E-state index contributed by atoms with van der Waals surface area (Å²) in [6, 6.07) is 22.9. The van der Waals surface area contributed by atoms with Crippen LogP contribution in [0.25, 0.3) is 0 Å². The molecule has 1 aromatic heterocycles. The lowest BCUT2D eigenvalue weighted by molar-refractivity contribution is 0.168. The van der Waals surface area contributed by atoms with Crippen LogP contribution >= 0.6 is 0 Å². The molecule has 4 rings (SSSR count). The highest BCUT2D eigenvalue weighted by atomic mass is 16.2. The fourth-order valence-corrected chi connectivity index (χ4v) is 3.99. The Morgan fingerprint density at radius 2 is 1.69 bits per heavy atom. The van der Waals surface area contributed by atoms with E-state index in [-0.39, 0.29) is 17.5 Å². The van der Waals surface area contributed by atoms with Crippen LogP contribution in [0.3, 0.4) is 0 Å². The molecular weight excluding hydrogens is 358 g/mol. The number of carbonyl (C=O) groups excluding carboxylic acids is 1. The minimum Gasteiger partial charge on any atom is -0.348 e. The SMILES string of the molecule is CC(C)(C)c1ccc(C2c3cccn3CCN2C(=O)NCc2ccccc2)cc1. The van der Waals surface area contributed by atoms with Gasteiger partial charge in [0.1, 0.15) is 0 Å². The number of aromatic nitrogens is 1. The van der Waals surface area contributed by atoms with Crippen LogP contribution in [0, 0.1) is 0 Å². The summed E-state index contributed by atoms with van der Waals surface area (Å²) >= 11 is 0. The van der Waals surface area contributed by atoms with Gasteiger partial charge < -0.3 is 14.8 Å². The van der Waals surface area contributed by atoms with E-state index in [0.717, 1.165) is 23.4 Å². The summed E-state index contributed by atoms with van der Waals surface area (Å²) < 4.78 is 2.25. The molecule has 0 saturated heterocycles. The Morgan fingerprint density at radius 3 is 2.38 bits per heavy atom. The van der Waals surface area contributed by atoms with E-state index in [0.29, 0.717) is 13.1 Å². The topological polar surface area (TPSA) is 37.3 Å². The van der Waals surface area contributed by atoms with Crippen molar-refractivity contribution in [2.24, 2.45) is 0 Å². The molecule has 4 nitrogen and oxygen atoms in total. The molecule has 2 amide bonds. The quantitative estimate of drug-likeness (QED) is 0.667. The van der Waals surface area contributed by atoms with Gasteiger partial charge in [0, 0.05) is 31.5 Å². The van der Waals surface area contributed by atoms with Gasteiger partial charge in [-0.3, -0.25) is 0 Å². The van der Waals surface area contributed by atoms with Crippen LogP contribution in [0.2, 0.25) is 0 Å². The first-order chi connectivity index (χ1) is 13.9. The number of nitrogens with zero attached hydrogens (tertiary/aromatic N) is 2. The number of benzene rings is 2. The van der Waals surface area contributed by atoms with Crippen LogP contribution in [0.15, 0.2) is 72.9 Å². The molecule has 0 spiro atoms. The number of nitrogens with one attached hydrogen (secondary N) is 1. The summed E-state index contributed by atoms with van der Waals surface area (Å²) in [6.07, 6.45) is 2.10. The van der Waals surface area contributed by atoms with Crippen molar-refractivity contribution >= 4 is 6.03 Å². The second-order valence-electron chi connectivity index (χ2n) is 8.74. The molecule has 1 aliphatic rings. The van der Waals surface area contributed by atoms with Crippen molar-refractivity contribution in [3.05, 3.63) is 95.3 Å². The lowest BCUT2D eigenvalue weighted by Gasteiger charge is -2.37. The number of rotatable bonds is 3. The Hall–Kier alpha value is -3.01. The molecule has 1 aliphatic heterocycles. The number of carbonyl (C=O) groups is 1. The van der Waals surface area contributed by atoms with Crippen LogP contribution in [-0.4, -0.2) is 22.0 Å². The van der Waals surface area contributed by atoms with Gasteiger partial charge in [-0.1, -0.05) is 75.4 Å². The summed E-state index contributed by atoms with van der Waals surface area (Å²) in [5, 5.41) is 3.10. The van der Waals surface area contributed by atoms with Gasteiger partial charge in [0.2, 0.25) is 0 Å². The maximum absolute atomic E-state index is 13.1. The smallest absolute Gasteiger partial charge is 0.318 e. The number of urea groups is 1. The zero-order valence-electron chi connectivity index (χ0n) is 17.4. The predicted octanol–water partition coefficient (Wildman–Crippen LogP) is 5.10. The number of hydrogen-bond acceptors (Lipinski definition) is 1. The van der Waals surface area contributed by atoms with Gasteiger partial charge in [-0.05, 0) is 34.2 Å². The van der Waals surface area contributed by atoms with Crippen LogP contribution < -0.4 is 5.32 Å². The molecule has 2 heterocycles. The maximum Gasteiger partial charge on any atom is 0.318 e. The molecule has 150 valence electrons. The van der Waals surface area contributed by atoms with Crippen molar-refractivity contribution in [1.82, 2.24) is 14.8 Å². The predicted molar refractivity (Wildman–Crippen MR) is 117 cm³/mol. The third-order valence-corrected chi connectivity index (χ3v) is 5.68. The Balaban J connectivity index is 1.60. The van der Waals surface area contributed by atoms with E-state index in [9.17, 15) is 4.79 Å². The average Bonchev–Trinajstić information content (AvgIpc) is 3.20. The molecule has 2 aromatic carbocycles. The van der Waals surface area contributed by atoms with E-state index in [1.807, 2.05) is 35.2 Å². The summed E-state index contributed by atoms with van der Waals surface area (Å²) in [7, 11) is 0. The molecule has 0 bridgehead atoms. The molecule has 0 fully saturated rings. The van der Waals surface area contributed by atoms with E-state index in [1.54, 1.807) is 0 Å². The molecule has 4 heteroatoms. The first-order valence-electron chi connectivity index (χ1n) is 10.3. The fourth-order valence-electron chi connectivity index (χ4n) is 3.99. The van der Waals surface area contributed by atoms with E-state index < -0.39 is 0 Å². The highest BCUT2D eigenvalue weighted by molar-refractivity contribution is 5.75. The van der Waals surface area contributed by atoms with Crippen molar-refractivity contribution in [3.63, 3.8) is 0 Å². The molecule has 3 aromatic rings. The van der Waals surface area contributed by atoms with Crippen molar-refractivity contribution < 1.29 is 4.79 Å². The molecule has 0 radical (unpaired) electrons. The van der Waals surface area contributed by atoms with E-state index >= 15 is 0 Å². The van der Waals surface area contributed by atoms with Crippen LogP contribution in [0.4, 0.5) is 4.79 Å². The number of fused-ring (bicyclic) bond motifs is 1. The molecule has 0 saturated carbocycles. The summed E-state index contributed by atoms with van der Waals surface area (Å²) in [5.41, 5.74) is 4.82. The van der Waals surface area contributed by atoms with Crippen LogP contribution in [0.1, 0.15) is 49.2 Å². The summed E-state index contributed by atoms with van der Waals surface area (Å²) in [5.74, 6) is 0. The van der Waals surface area contributed by atoms with Crippen molar-refractivity contribution in [1.29, 1.82) is 0 Å². The van der Waals surface area contributed by atoms with Gasteiger partial charge in [-0.25, -0.2) is 4.79 Å². The Labute approximate surface area is 173 Å². The Morgan fingerprint density at radius 1 is 0.966 bits per heavy atom. The van der Waals surface area contributed by atoms with E-state index in [2.05, 4.69) is 73.3 Å². The highest BCUT2D eigenvalue weighted by Crippen LogP contribution is 2.33. The molecule has 0 aliphatic carbocycles. The average molecular weight is 388 g/mol. The third-order valence-electron chi connectivity index (χ3n) is 5.68. The molecular formula is C25H29N3O. The molecule has 1 N–H and O–H groups in total. The maximum atomic E-state index is 13.1. The lowest BCUT2D eigenvalue weighted by atomic mass is 9.86. The van der Waals surface area contributed by atoms with Crippen molar-refractivity contribution in [3.8, 4) is 0 Å². The summed E-state index contributed by atoms with van der Waals surface area (Å²) in [6.45, 7) is 8.70. The highest BCUT2D eigenvalue weighted by Gasteiger charge is 2.32. The minimum absolute atomic E-state index is 0.0220. The van der Waals surface area contributed by atoms with Crippen LogP contribution in [-0.2, 0) is 18.5 Å². The van der Waals surface area contributed by atoms with Crippen molar-refractivity contribution in [2.75, 3.05) is 6.54 Å². The minimum atomic E-state index is -0.0801. The van der Waals surface area contributed by atoms with E-state index in [4.69, 9.17) is 0 Å². The fraction of sp³-hybridized carbons (Fsp3) is 0.320. The molecule has 1 unspecified atom stereocenters. The zero-order chi connectivity index (χ0) is 20.4. The van der Waals surface area contributed by atoms with Gasteiger partial charge in [0.25, 0.3) is 0 Å². The zero-order valence-corrected chi connectivity index (χ0v) is 17.4. The van der Waals surface area contributed by atoms with Gasteiger partial charge >= 0.3 is 6.03 Å². The molecule has 1 atom stereocenters. The normalized spacial score (nSPS) is 16.4. The summed E-state index contributed by atoms with van der Waals surface area (Å²) in [4.78, 5) is 15.1. The second-order valence-corrected chi connectivity index (χ2v) is 8.74. The standard InChI is InChI=1S/C25H29N3O/c1-25(2,3)21-13-11-20(12-14-21)23-22-10-7-15-27(22)16-17-28(23)24(29)26-18-19-8-5-4-6-9-19/h4-15,23H,16-18H2,1-3H3,(H,26,29). The van der Waals surface area contributed by atoms with Crippen molar-refractivity contribution in [2.45, 2.75) is 45.3 Å². The number of amides is 2. The lowest BCUT2D eigenvalue weighted by Crippen LogP contribution is -2.47. The van der Waals surface area contributed by atoms with Gasteiger partial charge in [0.15, 0.2) is 0 Å². The monoisotopic (exact) mass is 387 g/mol. The van der Waals surface area contributed by atoms with Crippen LogP contribution in [0.5, 0.6) is 0 Å². The first kappa shape index (κ1) is 19.3.